The quantitative estimate of drug-likeness (QED) is 0.0235. The van der Waals surface area contributed by atoms with Crippen molar-refractivity contribution < 1.29 is 53.7 Å². The number of unbranched alkanes of at least 4 members (excludes halogenated alkanes) is 1. The number of aromatic hydroxyl groups is 1. The molecule has 388 valence electrons. The number of anilines is 2. The van der Waals surface area contributed by atoms with Gasteiger partial charge in [-0.3, -0.25) is 33.8 Å². The zero-order chi connectivity index (χ0) is 53.4. The van der Waals surface area contributed by atoms with Gasteiger partial charge in [0.2, 0.25) is 29.5 Å². The van der Waals surface area contributed by atoms with E-state index >= 15 is 0 Å². The van der Waals surface area contributed by atoms with Crippen molar-refractivity contribution in [1.29, 1.82) is 0 Å². The van der Waals surface area contributed by atoms with E-state index in [2.05, 4.69) is 42.2 Å². The summed E-state index contributed by atoms with van der Waals surface area (Å²) in [5.41, 5.74) is 5.30. The number of aliphatic carboxylic acids is 2. The number of hydrogen-bond acceptors (Lipinski definition) is 10. The van der Waals surface area contributed by atoms with Crippen LogP contribution in [0.3, 0.4) is 0 Å². The van der Waals surface area contributed by atoms with Crippen molar-refractivity contribution in [2.45, 2.75) is 95.8 Å². The number of benzene rings is 4. The zero-order valence-corrected chi connectivity index (χ0v) is 41.1. The first-order chi connectivity index (χ1) is 35.5. The molecule has 19 heteroatoms. The van der Waals surface area contributed by atoms with Gasteiger partial charge in [0.15, 0.2) is 0 Å². The van der Waals surface area contributed by atoms with Crippen LogP contribution in [-0.2, 0) is 52.8 Å². The zero-order valence-electron chi connectivity index (χ0n) is 41.1. The van der Waals surface area contributed by atoms with Crippen LogP contribution in [0.25, 0.3) is 6.08 Å². The molecule has 0 radical (unpaired) electrons. The van der Waals surface area contributed by atoms with E-state index in [1.807, 2.05) is 26.0 Å². The van der Waals surface area contributed by atoms with Crippen molar-refractivity contribution in [2.75, 3.05) is 17.2 Å². The molecular formula is C55H62N8O11. The van der Waals surface area contributed by atoms with Crippen LogP contribution in [-0.4, -0.2) is 98.5 Å². The first-order valence-corrected chi connectivity index (χ1v) is 24.1. The number of urea groups is 1. The molecule has 4 atom stereocenters. The summed E-state index contributed by atoms with van der Waals surface area (Å²) >= 11 is 0. The first-order valence-electron chi connectivity index (χ1n) is 24.1. The Morgan fingerprint density at radius 3 is 1.85 bits per heavy atom. The normalized spacial score (nSPS) is 12.5. The van der Waals surface area contributed by atoms with E-state index in [4.69, 9.17) is 0 Å². The highest BCUT2D eigenvalue weighted by Crippen LogP contribution is 2.17. The Balaban J connectivity index is 1.31. The van der Waals surface area contributed by atoms with Gasteiger partial charge in [-0.1, -0.05) is 78.4 Å². The number of nitrogens with zero attached hydrogens (tertiary/aromatic N) is 1. The average molecular weight is 1010 g/mol. The van der Waals surface area contributed by atoms with Crippen LogP contribution in [0.2, 0.25) is 0 Å². The highest BCUT2D eigenvalue weighted by molar-refractivity contribution is 6.00. The van der Waals surface area contributed by atoms with Crippen LogP contribution in [0.15, 0.2) is 128 Å². The Kier molecular flexibility index (Phi) is 21.8. The molecule has 0 aliphatic rings. The maximum atomic E-state index is 14.3. The number of carboxylic acids is 2. The van der Waals surface area contributed by atoms with Gasteiger partial charge < -0.3 is 52.5 Å². The summed E-state index contributed by atoms with van der Waals surface area (Å²) in [6.45, 7) is 3.96. The summed E-state index contributed by atoms with van der Waals surface area (Å²) in [6.07, 6.45) is 5.90. The molecule has 0 saturated heterocycles. The SMILES string of the molecule is Cc1ccc(C[C@H](NC(=O)[C@H](CCCC(=O)O)NC(=O)[C@H](CCCCNC(=O)/C=C/c2cccnc2)NC(=O)Cc2ccc(NC(=O)Nc3ccccc3C)cc2)C(=O)N[C@@H](Cc2ccc(O)cc2)C(=O)O)cc1. The standard InChI is InChI=1S/C55H62N8O11/c1-35-15-17-37(18-16-35)31-46(53(71)62-47(54(72)73)32-38-21-26-42(64)27-22-38)61-52(70)45(13-7-14-50(67)68)60-51(69)44(12-5-6-30-57-48(65)28-23-40-10-8-29-56-34-40)59-49(66)33-39-19-24-41(25-20-39)58-55(74)63-43-11-4-3-9-36(43)2/h3-4,8-11,15-29,34,44-47,64H,5-7,12-14,30-33H2,1-2H3,(H,57,65)(H,59,66)(H,60,69)(H,61,70)(H,62,71)(H,67,68)(H,72,73)(H2,58,63,74)/b28-23+/t44-,45-,46-,47-/m0/s1. The van der Waals surface area contributed by atoms with Gasteiger partial charge in [-0.2, -0.15) is 0 Å². The lowest BCUT2D eigenvalue weighted by Gasteiger charge is -2.26. The van der Waals surface area contributed by atoms with Gasteiger partial charge in [0.1, 0.15) is 29.9 Å². The summed E-state index contributed by atoms with van der Waals surface area (Å²) in [5, 5.41) is 48.2. The predicted octanol–water partition coefficient (Wildman–Crippen LogP) is 5.35. The van der Waals surface area contributed by atoms with Crippen LogP contribution in [0.1, 0.15) is 71.9 Å². The van der Waals surface area contributed by atoms with Gasteiger partial charge in [-0.25, -0.2) is 9.59 Å². The smallest absolute Gasteiger partial charge is 0.326 e. The van der Waals surface area contributed by atoms with Gasteiger partial charge in [-0.05, 0) is 116 Å². The van der Waals surface area contributed by atoms with E-state index in [-0.39, 0.29) is 63.1 Å². The summed E-state index contributed by atoms with van der Waals surface area (Å²) in [6, 6.07) is 24.3. The van der Waals surface area contributed by atoms with Crippen LogP contribution in [0.5, 0.6) is 5.75 Å². The monoisotopic (exact) mass is 1010 g/mol. The van der Waals surface area contributed by atoms with E-state index in [1.54, 1.807) is 91.3 Å². The Morgan fingerprint density at radius 2 is 1.20 bits per heavy atom. The number of carboxylic acid groups (broad SMARTS) is 2. The Bertz CT molecular complexity index is 2730. The topological polar surface area (TPSA) is 294 Å². The van der Waals surface area contributed by atoms with Crippen molar-refractivity contribution in [3.05, 3.63) is 161 Å². The van der Waals surface area contributed by atoms with E-state index in [0.29, 0.717) is 40.9 Å². The van der Waals surface area contributed by atoms with E-state index in [9.17, 15) is 53.7 Å². The van der Waals surface area contributed by atoms with E-state index in [0.717, 1.165) is 16.7 Å². The fourth-order valence-corrected chi connectivity index (χ4v) is 7.57. The molecule has 0 fully saturated rings. The van der Waals surface area contributed by atoms with Crippen molar-refractivity contribution in [1.82, 2.24) is 31.6 Å². The van der Waals surface area contributed by atoms with Gasteiger partial charge in [0, 0.05) is 55.7 Å². The third kappa shape index (κ3) is 19.7. The molecule has 74 heavy (non-hydrogen) atoms. The van der Waals surface area contributed by atoms with E-state index < -0.39 is 65.8 Å². The fraction of sp³-hybridized carbons (Fsp3) is 0.291. The minimum atomic E-state index is -1.44. The number of aryl methyl sites for hydroxylation is 2. The highest BCUT2D eigenvalue weighted by Gasteiger charge is 2.32. The second-order valence-electron chi connectivity index (χ2n) is 17.7. The lowest BCUT2D eigenvalue weighted by Crippen LogP contribution is -2.58. The minimum Gasteiger partial charge on any atom is -0.508 e. The maximum absolute atomic E-state index is 14.3. The van der Waals surface area contributed by atoms with Crippen molar-refractivity contribution in [3.63, 3.8) is 0 Å². The molecule has 0 saturated carbocycles. The summed E-state index contributed by atoms with van der Waals surface area (Å²) in [4.78, 5) is 109. The Hall–Kier alpha value is -8.87. The second-order valence-corrected chi connectivity index (χ2v) is 17.7. The molecular weight excluding hydrogens is 949 g/mol. The molecule has 0 unspecified atom stereocenters. The van der Waals surface area contributed by atoms with Crippen LogP contribution in [0.4, 0.5) is 16.2 Å². The number of aromatic nitrogens is 1. The van der Waals surface area contributed by atoms with Crippen LogP contribution in [0, 0.1) is 13.8 Å². The third-order valence-corrected chi connectivity index (χ3v) is 11.7. The average Bonchev–Trinajstić information content (AvgIpc) is 3.37. The minimum absolute atomic E-state index is 0.0329. The number of amides is 7. The lowest BCUT2D eigenvalue weighted by atomic mass is 10.0. The molecule has 1 heterocycles. The van der Waals surface area contributed by atoms with Crippen molar-refractivity contribution in [3.8, 4) is 5.75 Å². The first kappa shape index (κ1) is 56.0. The maximum Gasteiger partial charge on any atom is 0.326 e. The van der Waals surface area contributed by atoms with Gasteiger partial charge in [0.05, 0.1) is 6.42 Å². The fourth-order valence-electron chi connectivity index (χ4n) is 7.57. The molecule has 4 aromatic carbocycles. The summed E-state index contributed by atoms with van der Waals surface area (Å²) < 4.78 is 0. The molecule has 5 rings (SSSR count). The molecule has 0 aliphatic heterocycles. The van der Waals surface area contributed by atoms with Crippen molar-refractivity contribution in [2.24, 2.45) is 0 Å². The number of phenols is 1. The number of phenolic OH excluding ortho intramolecular Hbond substituents is 1. The summed E-state index contributed by atoms with van der Waals surface area (Å²) in [5.74, 6) is -5.95. The molecule has 19 nitrogen and oxygen atoms in total. The van der Waals surface area contributed by atoms with Gasteiger partial charge >= 0.3 is 18.0 Å². The Morgan fingerprint density at radius 1 is 0.608 bits per heavy atom. The number of rotatable bonds is 27. The predicted molar refractivity (Wildman–Crippen MR) is 278 cm³/mol. The number of pyridine rings is 1. The van der Waals surface area contributed by atoms with Gasteiger partial charge in [-0.15, -0.1) is 0 Å². The van der Waals surface area contributed by atoms with E-state index in [1.165, 1.54) is 30.3 Å². The highest BCUT2D eigenvalue weighted by atomic mass is 16.4. The molecule has 10 N–H and O–H groups in total. The molecule has 0 spiro atoms. The second kappa shape index (κ2) is 28.8. The molecule has 5 aromatic rings. The number of nitrogens with one attached hydrogen (secondary N) is 7. The molecule has 0 bridgehead atoms. The third-order valence-electron chi connectivity index (χ3n) is 11.7. The van der Waals surface area contributed by atoms with Crippen molar-refractivity contribution >= 4 is 65.0 Å². The lowest BCUT2D eigenvalue weighted by molar-refractivity contribution is -0.142. The van der Waals surface area contributed by atoms with Gasteiger partial charge in [0.25, 0.3) is 0 Å². The number of para-hydroxylation sites is 1. The molecule has 0 aliphatic carbocycles. The number of carbonyl (C=O) groups is 8. The number of carbonyl (C=O) groups excluding carboxylic acids is 6. The number of hydrogen-bond donors (Lipinski definition) is 10. The van der Waals surface area contributed by atoms with Crippen LogP contribution < -0.4 is 37.2 Å². The largest absolute Gasteiger partial charge is 0.508 e. The summed E-state index contributed by atoms with van der Waals surface area (Å²) in [7, 11) is 0. The molecule has 1 aromatic heterocycles. The van der Waals surface area contributed by atoms with Crippen LogP contribution >= 0.6 is 0 Å². The Labute approximate surface area is 428 Å². The molecule has 7 amide bonds.